The SMILES string of the molecule is Cc1cc(C(=O)NCCCOC(C)C)c2cccc(C)c2n1. The molecule has 0 bridgehead atoms. The summed E-state index contributed by atoms with van der Waals surface area (Å²) in [7, 11) is 0. The highest BCUT2D eigenvalue weighted by molar-refractivity contribution is 6.06. The summed E-state index contributed by atoms with van der Waals surface area (Å²) in [4.78, 5) is 17.0. The topological polar surface area (TPSA) is 51.2 Å². The number of fused-ring (bicyclic) bond motifs is 1. The molecule has 1 heterocycles. The van der Waals surface area contributed by atoms with Gasteiger partial charge < -0.3 is 10.1 Å². The van der Waals surface area contributed by atoms with Gasteiger partial charge in [0.1, 0.15) is 0 Å². The van der Waals surface area contributed by atoms with Gasteiger partial charge in [-0.3, -0.25) is 9.78 Å². The van der Waals surface area contributed by atoms with E-state index >= 15 is 0 Å². The van der Waals surface area contributed by atoms with E-state index in [0.29, 0.717) is 18.7 Å². The number of nitrogens with zero attached hydrogens (tertiary/aromatic N) is 1. The Morgan fingerprint density at radius 2 is 2.09 bits per heavy atom. The van der Waals surface area contributed by atoms with Crippen molar-refractivity contribution in [2.24, 2.45) is 0 Å². The molecule has 1 N–H and O–H groups in total. The first kappa shape index (κ1) is 16.4. The van der Waals surface area contributed by atoms with Crippen LogP contribution in [0.3, 0.4) is 0 Å². The van der Waals surface area contributed by atoms with Gasteiger partial charge in [-0.25, -0.2) is 0 Å². The monoisotopic (exact) mass is 300 g/mol. The summed E-state index contributed by atoms with van der Waals surface area (Å²) in [5.41, 5.74) is 3.53. The number of pyridine rings is 1. The number of carbonyl (C=O) groups is 1. The van der Waals surface area contributed by atoms with Crippen molar-refractivity contribution in [1.29, 1.82) is 0 Å². The molecule has 0 aliphatic rings. The van der Waals surface area contributed by atoms with Gasteiger partial charge in [0, 0.05) is 24.2 Å². The smallest absolute Gasteiger partial charge is 0.252 e. The van der Waals surface area contributed by atoms with Gasteiger partial charge in [0.15, 0.2) is 0 Å². The number of aromatic nitrogens is 1. The second-order valence-corrected chi connectivity index (χ2v) is 5.81. The lowest BCUT2D eigenvalue weighted by atomic mass is 10.0. The largest absolute Gasteiger partial charge is 0.379 e. The van der Waals surface area contributed by atoms with E-state index in [9.17, 15) is 4.79 Å². The summed E-state index contributed by atoms with van der Waals surface area (Å²) in [6, 6.07) is 7.77. The quantitative estimate of drug-likeness (QED) is 0.832. The first-order valence-electron chi connectivity index (χ1n) is 7.76. The van der Waals surface area contributed by atoms with Gasteiger partial charge in [-0.2, -0.15) is 0 Å². The van der Waals surface area contributed by atoms with Crippen LogP contribution < -0.4 is 5.32 Å². The standard InChI is InChI=1S/C18H24N2O2/c1-12(2)22-10-6-9-19-18(21)16-11-14(4)20-17-13(3)7-5-8-15(16)17/h5,7-8,11-12H,6,9-10H2,1-4H3,(H,19,21). The average Bonchev–Trinajstić information content (AvgIpc) is 2.46. The highest BCUT2D eigenvalue weighted by Crippen LogP contribution is 2.21. The Bertz CT molecular complexity index is 665. The Labute approximate surface area is 131 Å². The predicted molar refractivity (Wildman–Crippen MR) is 89.3 cm³/mol. The van der Waals surface area contributed by atoms with E-state index < -0.39 is 0 Å². The molecule has 0 saturated heterocycles. The van der Waals surface area contributed by atoms with Crippen molar-refractivity contribution in [3.8, 4) is 0 Å². The summed E-state index contributed by atoms with van der Waals surface area (Å²) in [6.07, 6.45) is 1.04. The zero-order chi connectivity index (χ0) is 16.1. The van der Waals surface area contributed by atoms with Crippen LogP contribution in [0.1, 0.15) is 41.9 Å². The number of carbonyl (C=O) groups excluding carboxylic acids is 1. The molecule has 1 amide bonds. The zero-order valence-electron chi connectivity index (χ0n) is 13.8. The minimum Gasteiger partial charge on any atom is -0.379 e. The number of hydrogen-bond donors (Lipinski definition) is 1. The van der Waals surface area contributed by atoms with Crippen molar-refractivity contribution < 1.29 is 9.53 Å². The zero-order valence-corrected chi connectivity index (χ0v) is 13.8. The molecule has 118 valence electrons. The molecule has 0 aliphatic heterocycles. The van der Waals surface area contributed by atoms with Crippen LogP contribution in [-0.4, -0.2) is 30.1 Å². The number of para-hydroxylation sites is 1. The first-order valence-corrected chi connectivity index (χ1v) is 7.76. The third kappa shape index (κ3) is 4.04. The molecule has 0 spiro atoms. The molecule has 0 atom stereocenters. The normalized spacial score (nSPS) is 11.1. The lowest BCUT2D eigenvalue weighted by Gasteiger charge is -2.11. The van der Waals surface area contributed by atoms with Gasteiger partial charge >= 0.3 is 0 Å². The van der Waals surface area contributed by atoms with Crippen molar-refractivity contribution in [2.75, 3.05) is 13.2 Å². The second-order valence-electron chi connectivity index (χ2n) is 5.81. The molecule has 1 aromatic heterocycles. The van der Waals surface area contributed by atoms with Gasteiger partial charge in [0.05, 0.1) is 17.2 Å². The number of rotatable bonds is 6. The second kappa shape index (κ2) is 7.36. The maximum atomic E-state index is 12.4. The Balaban J connectivity index is 2.10. The van der Waals surface area contributed by atoms with E-state index in [-0.39, 0.29) is 12.0 Å². The summed E-state index contributed by atoms with van der Waals surface area (Å²) in [5.74, 6) is -0.0503. The van der Waals surface area contributed by atoms with Crippen molar-refractivity contribution >= 4 is 16.8 Å². The average molecular weight is 300 g/mol. The summed E-state index contributed by atoms with van der Waals surface area (Å²) >= 11 is 0. The van der Waals surface area contributed by atoms with Crippen molar-refractivity contribution in [2.45, 2.75) is 40.2 Å². The highest BCUT2D eigenvalue weighted by Gasteiger charge is 2.12. The molecule has 4 heteroatoms. The summed E-state index contributed by atoms with van der Waals surface area (Å²) < 4.78 is 5.47. The first-order chi connectivity index (χ1) is 10.5. The maximum absolute atomic E-state index is 12.4. The fraction of sp³-hybridized carbons (Fsp3) is 0.444. The molecular formula is C18H24N2O2. The number of amides is 1. The number of aryl methyl sites for hydroxylation is 2. The van der Waals surface area contributed by atoms with E-state index in [1.807, 2.05) is 52.0 Å². The Morgan fingerprint density at radius 3 is 2.82 bits per heavy atom. The molecule has 0 unspecified atom stereocenters. The third-order valence-electron chi connectivity index (χ3n) is 3.47. The van der Waals surface area contributed by atoms with Gasteiger partial charge in [-0.15, -0.1) is 0 Å². The molecular weight excluding hydrogens is 276 g/mol. The minimum atomic E-state index is -0.0503. The van der Waals surface area contributed by atoms with Crippen LogP contribution in [-0.2, 0) is 4.74 Å². The number of nitrogens with one attached hydrogen (secondary N) is 1. The fourth-order valence-electron chi connectivity index (χ4n) is 2.40. The predicted octanol–water partition coefficient (Wildman–Crippen LogP) is 3.40. The van der Waals surface area contributed by atoms with E-state index in [1.54, 1.807) is 0 Å². The Morgan fingerprint density at radius 1 is 1.32 bits per heavy atom. The number of ether oxygens (including phenoxy) is 1. The number of hydrogen-bond acceptors (Lipinski definition) is 3. The van der Waals surface area contributed by atoms with Gasteiger partial charge in [0.2, 0.25) is 0 Å². The Hall–Kier alpha value is -1.94. The van der Waals surface area contributed by atoms with Crippen LogP contribution >= 0.6 is 0 Å². The van der Waals surface area contributed by atoms with E-state index in [1.165, 1.54) is 0 Å². The molecule has 0 aliphatic carbocycles. The van der Waals surface area contributed by atoms with Crippen LogP contribution in [0.15, 0.2) is 24.3 Å². The summed E-state index contributed by atoms with van der Waals surface area (Å²) in [5, 5.41) is 3.87. The lowest BCUT2D eigenvalue weighted by molar-refractivity contribution is 0.0757. The molecule has 1 aromatic carbocycles. The fourth-order valence-corrected chi connectivity index (χ4v) is 2.40. The van der Waals surface area contributed by atoms with Gasteiger partial charge in [-0.1, -0.05) is 18.2 Å². The molecule has 4 nitrogen and oxygen atoms in total. The van der Waals surface area contributed by atoms with E-state index in [0.717, 1.165) is 28.6 Å². The molecule has 2 aromatic rings. The van der Waals surface area contributed by atoms with Crippen LogP contribution in [0.25, 0.3) is 10.9 Å². The molecule has 22 heavy (non-hydrogen) atoms. The van der Waals surface area contributed by atoms with Crippen molar-refractivity contribution in [3.63, 3.8) is 0 Å². The van der Waals surface area contributed by atoms with E-state index in [2.05, 4.69) is 10.3 Å². The molecule has 0 radical (unpaired) electrons. The van der Waals surface area contributed by atoms with Gasteiger partial charge in [-0.05, 0) is 45.7 Å². The third-order valence-corrected chi connectivity index (χ3v) is 3.47. The van der Waals surface area contributed by atoms with Crippen molar-refractivity contribution in [1.82, 2.24) is 10.3 Å². The van der Waals surface area contributed by atoms with Crippen molar-refractivity contribution in [3.05, 3.63) is 41.1 Å². The van der Waals surface area contributed by atoms with Crippen LogP contribution in [0.5, 0.6) is 0 Å². The maximum Gasteiger partial charge on any atom is 0.252 e. The van der Waals surface area contributed by atoms with E-state index in [4.69, 9.17) is 4.74 Å². The molecule has 0 saturated carbocycles. The molecule has 0 fully saturated rings. The van der Waals surface area contributed by atoms with Crippen LogP contribution in [0, 0.1) is 13.8 Å². The van der Waals surface area contributed by atoms with Gasteiger partial charge in [0.25, 0.3) is 5.91 Å². The minimum absolute atomic E-state index is 0.0503. The lowest BCUT2D eigenvalue weighted by Crippen LogP contribution is -2.26. The summed E-state index contributed by atoms with van der Waals surface area (Å²) in [6.45, 7) is 9.21. The highest BCUT2D eigenvalue weighted by atomic mass is 16.5. The van der Waals surface area contributed by atoms with Crippen LogP contribution in [0.2, 0.25) is 0 Å². The number of benzene rings is 1. The Kier molecular flexibility index (Phi) is 5.50. The molecule has 2 rings (SSSR count). The van der Waals surface area contributed by atoms with Crippen LogP contribution in [0.4, 0.5) is 0 Å².